The molecule has 0 aliphatic carbocycles. The normalized spacial score (nSPS) is 22.9. The first-order valence-electron chi connectivity index (χ1n) is 5.80. The van der Waals surface area contributed by atoms with Crippen LogP contribution in [0.4, 0.5) is 23.2 Å². The topological polar surface area (TPSA) is 41.1 Å². The first-order valence-corrected chi connectivity index (χ1v) is 6.18. The zero-order valence-electron chi connectivity index (χ0n) is 10.2. The van der Waals surface area contributed by atoms with Gasteiger partial charge in [-0.05, 0) is 31.2 Å². The lowest BCUT2D eigenvalue weighted by atomic mass is 9.85. The Balaban J connectivity index is 2.28. The van der Waals surface area contributed by atoms with Crippen molar-refractivity contribution < 1.29 is 22.4 Å². The standard InChI is InChI=1S/C12H11ClF4N2O/c13-8-2-1-7(14)5-9(8)19-10(20)11(12(15,16)17)3-4-18-6-11/h1-2,5,18H,3-4,6H2,(H,19,20). The van der Waals surface area contributed by atoms with Gasteiger partial charge in [-0.1, -0.05) is 11.6 Å². The number of anilines is 1. The molecule has 20 heavy (non-hydrogen) atoms. The van der Waals surface area contributed by atoms with E-state index in [1.807, 2.05) is 0 Å². The molecule has 1 atom stereocenters. The lowest BCUT2D eigenvalue weighted by Gasteiger charge is -2.29. The van der Waals surface area contributed by atoms with E-state index in [4.69, 9.17) is 11.6 Å². The molecule has 3 nitrogen and oxygen atoms in total. The van der Waals surface area contributed by atoms with Crippen molar-refractivity contribution in [3.8, 4) is 0 Å². The van der Waals surface area contributed by atoms with E-state index in [2.05, 4.69) is 10.6 Å². The van der Waals surface area contributed by atoms with Crippen molar-refractivity contribution in [1.82, 2.24) is 5.32 Å². The zero-order chi connectivity index (χ0) is 15.0. The first kappa shape index (κ1) is 15.1. The number of rotatable bonds is 2. The monoisotopic (exact) mass is 310 g/mol. The number of nitrogens with one attached hydrogen (secondary N) is 2. The van der Waals surface area contributed by atoms with E-state index in [0.717, 1.165) is 12.1 Å². The fourth-order valence-electron chi connectivity index (χ4n) is 2.09. The van der Waals surface area contributed by atoms with Crippen LogP contribution < -0.4 is 10.6 Å². The molecule has 1 fully saturated rings. The van der Waals surface area contributed by atoms with Crippen LogP contribution in [0.5, 0.6) is 0 Å². The van der Waals surface area contributed by atoms with Crippen molar-refractivity contribution in [2.75, 3.05) is 18.4 Å². The second kappa shape index (κ2) is 5.21. The highest BCUT2D eigenvalue weighted by Crippen LogP contribution is 2.44. The van der Waals surface area contributed by atoms with E-state index in [9.17, 15) is 22.4 Å². The molecule has 0 radical (unpaired) electrons. The molecular weight excluding hydrogens is 300 g/mol. The smallest absolute Gasteiger partial charge is 0.324 e. The fourth-order valence-corrected chi connectivity index (χ4v) is 2.26. The van der Waals surface area contributed by atoms with Crippen LogP contribution in [-0.2, 0) is 4.79 Å². The summed E-state index contributed by atoms with van der Waals surface area (Å²) in [6, 6.07) is 3.10. The van der Waals surface area contributed by atoms with Gasteiger partial charge in [0.25, 0.3) is 0 Å². The molecule has 0 spiro atoms. The molecule has 0 aromatic heterocycles. The van der Waals surface area contributed by atoms with Crippen LogP contribution in [0.15, 0.2) is 18.2 Å². The maximum atomic E-state index is 13.1. The second-order valence-corrected chi connectivity index (χ2v) is 4.99. The summed E-state index contributed by atoms with van der Waals surface area (Å²) in [5.41, 5.74) is -2.69. The molecule has 8 heteroatoms. The Kier molecular flexibility index (Phi) is 3.93. The number of hydrogen-bond donors (Lipinski definition) is 2. The molecule has 1 unspecified atom stereocenters. The summed E-state index contributed by atoms with van der Waals surface area (Å²) in [7, 11) is 0. The van der Waals surface area contributed by atoms with E-state index >= 15 is 0 Å². The van der Waals surface area contributed by atoms with Gasteiger partial charge in [-0.3, -0.25) is 4.79 Å². The van der Waals surface area contributed by atoms with Crippen LogP contribution in [0, 0.1) is 11.2 Å². The molecular formula is C12H11ClF4N2O. The van der Waals surface area contributed by atoms with Gasteiger partial charge >= 0.3 is 6.18 Å². The quantitative estimate of drug-likeness (QED) is 0.825. The lowest BCUT2D eigenvalue weighted by Crippen LogP contribution is -2.49. The van der Waals surface area contributed by atoms with Crippen LogP contribution in [-0.4, -0.2) is 25.2 Å². The van der Waals surface area contributed by atoms with Gasteiger partial charge in [0, 0.05) is 6.54 Å². The minimum atomic E-state index is -4.69. The highest BCUT2D eigenvalue weighted by atomic mass is 35.5. The fraction of sp³-hybridized carbons (Fsp3) is 0.417. The number of carbonyl (C=O) groups excluding carboxylic acids is 1. The highest BCUT2D eigenvalue weighted by Gasteiger charge is 2.61. The van der Waals surface area contributed by atoms with E-state index in [1.54, 1.807) is 0 Å². The highest BCUT2D eigenvalue weighted by molar-refractivity contribution is 6.33. The summed E-state index contributed by atoms with van der Waals surface area (Å²) in [5, 5.41) is 4.57. The number of amides is 1. The lowest BCUT2D eigenvalue weighted by molar-refractivity contribution is -0.213. The molecule has 2 N–H and O–H groups in total. The van der Waals surface area contributed by atoms with Crippen LogP contribution >= 0.6 is 11.6 Å². The molecule has 1 aromatic carbocycles. The number of alkyl halides is 3. The molecule has 1 aromatic rings. The summed E-state index contributed by atoms with van der Waals surface area (Å²) in [6.45, 7) is -0.418. The van der Waals surface area contributed by atoms with Crippen molar-refractivity contribution in [3.63, 3.8) is 0 Å². The van der Waals surface area contributed by atoms with Crippen LogP contribution in [0.2, 0.25) is 5.02 Å². The maximum absolute atomic E-state index is 13.1. The van der Waals surface area contributed by atoms with Crippen molar-refractivity contribution >= 4 is 23.2 Å². The third kappa shape index (κ3) is 2.60. The van der Waals surface area contributed by atoms with Crippen molar-refractivity contribution in [3.05, 3.63) is 29.0 Å². The van der Waals surface area contributed by atoms with E-state index in [1.165, 1.54) is 6.07 Å². The van der Waals surface area contributed by atoms with Gasteiger partial charge < -0.3 is 10.6 Å². The van der Waals surface area contributed by atoms with Gasteiger partial charge in [0.05, 0.1) is 10.7 Å². The molecule has 1 saturated heterocycles. The first-order chi connectivity index (χ1) is 9.26. The van der Waals surface area contributed by atoms with Crippen molar-refractivity contribution in [2.24, 2.45) is 5.41 Å². The Bertz CT molecular complexity index is 527. The molecule has 0 bridgehead atoms. The molecule has 1 heterocycles. The Labute approximate surface area is 117 Å². The Morgan fingerprint density at radius 3 is 2.65 bits per heavy atom. The summed E-state index contributed by atoms with van der Waals surface area (Å²) in [6.07, 6.45) is -5.06. The van der Waals surface area contributed by atoms with Crippen molar-refractivity contribution in [2.45, 2.75) is 12.6 Å². The number of benzene rings is 1. The maximum Gasteiger partial charge on any atom is 0.404 e. The minimum Gasteiger partial charge on any atom is -0.324 e. The van der Waals surface area contributed by atoms with Crippen LogP contribution in [0.3, 0.4) is 0 Å². The summed E-state index contributed by atoms with van der Waals surface area (Å²) in [5.74, 6) is -1.93. The predicted molar refractivity (Wildman–Crippen MR) is 66.0 cm³/mol. The second-order valence-electron chi connectivity index (χ2n) is 4.58. The molecule has 1 amide bonds. The number of halogens is 5. The Morgan fingerprint density at radius 1 is 1.40 bits per heavy atom. The molecule has 2 rings (SSSR count). The molecule has 1 aliphatic rings. The van der Waals surface area contributed by atoms with Gasteiger partial charge in [-0.15, -0.1) is 0 Å². The third-order valence-electron chi connectivity index (χ3n) is 3.31. The average Bonchev–Trinajstić information content (AvgIpc) is 2.83. The SMILES string of the molecule is O=C(Nc1cc(F)ccc1Cl)C1(C(F)(F)F)CCNC1. The predicted octanol–water partition coefficient (Wildman–Crippen LogP) is 2.96. The molecule has 1 aliphatic heterocycles. The van der Waals surface area contributed by atoms with Crippen LogP contribution in [0.1, 0.15) is 6.42 Å². The number of carbonyl (C=O) groups is 1. The summed E-state index contributed by atoms with van der Waals surface area (Å²) < 4.78 is 52.5. The largest absolute Gasteiger partial charge is 0.404 e. The van der Waals surface area contributed by atoms with Crippen LogP contribution in [0.25, 0.3) is 0 Å². The Hall–Kier alpha value is -1.34. The Morgan fingerprint density at radius 2 is 2.10 bits per heavy atom. The van der Waals surface area contributed by atoms with Gasteiger partial charge in [0.1, 0.15) is 5.82 Å². The number of hydrogen-bond acceptors (Lipinski definition) is 2. The van der Waals surface area contributed by atoms with Gasteiger partial charge in [-0.2, -0.15) is 13.2 Å². The minimum absolute atomic E-state index is 0.0250. The summed E-state index contributed by atoms with van der Waals surface area (Å²) >= 11 is 5.73. The zero-order valence-corrected chi connectivity index (χ0v) is 10.9. The van der Waals surface area contributed by atoms with Crippen molar-refractivity contribution in [1.29, 1.82) is 0 Å². The molecule has 110 valence electrons. The third-order valence-corrected chi connectivity index (χ3v) is 3.64. The van der Waals surface area contributed by atoms with E-state index in [0.29, 0.717) is 0 Å². The van der Waals surface area contributed by atoms with Gasteiger partial charge in [-0.25, -0.2) is 4.39 Å². The summed E-state index contributed by atoms with van der Waals surface area (Å²) in [4.78, 5) is 12.0. The van der Waals surface area contributed by atoms with Gasteiger partial charge in [0.2, 0.25) is 5.91 Å². The molecule has 0 saturated carbocycles. The van der Waals surface area contributed by atoms with E-state index in [-0.39, 0.29) is 23.7 Å². The van der Waals surface area contributed by atoms with Gasteiger partial charge in [0.15, 0.2) is 5.41 Å². The average molecular weight is 311 g/mol. The van der Waals surface area contributed by atoms with E-state index < -0.39 is 29.9 Å².